The van der Waals surface area contributed by atoms with Gasteiger partial charge in [-0.1, -0.05) is 0 Å². The smallest absolute Gasteiger partial charge is 0.329 e. The minimum atomic E-state index is -1.30. The van der Waals surface area contributed by atoms with E-state index in [1.54, 1.807) is 0 Å². The maximum Gasteiger partial charge on any atom is 0.329 e. The predicted octanol–water partition coefficient (Wildman–Crippen LogP) is 1.97. The topological polar surface area (TPSA) is 122 Å². The van der Waals surface area contributed by atoms with E-state index in [1.165, 1.54) is 31.2 Å². The van der Waals surface area contributed by atoms with Crippen molar-refractivity contribution in [1.29, 1.82) is 0 Å². The molecule has 0 saturated heterocycles. The lowest BCUT2D eigenvalue weighted by atomic mass is 9.96. The molecule has 0 heterocycles. The quantitative estimate of drug-likeness (QED) is 0.566. The number of amides is 2. The maximum absolute atomic E-state index is 11.9. The van der Waals surface area contributed by atoms with Gasteiger partial charge in [0.25, 0.3) is 5.69 Å². The molecule has 0 aromatic heterocycles. The lowest BCUT2D eigenvalue weighted by Crippen LogP contribution is -2.55. The first-order valence-electron chi connectivity index (χ1n) is 6.40. The number of nitrogens with one attached hydrogen (secondary N) is 2. The minimum Gasteiger partial charge on any atom is -0.480 e. The Hall–Kier alpha value is -2.64. The number of benzene rings is 1. The van der Waals surface area contributed by atoms with Gasteiger partial charge in [-0.3, -0.25) is 10.1 Å². The van der Waals surface area contributed by atoms with Gasteiger partial charge in [0.1, 0.15) is 5.54 Å². The van der Waals surface area contributed by atoms with E-state index in [0.29, 0.717) is 5.69 Å². The highest BCUT2D eigenvalue weighted by atomic mass is 16.6. The van der Waals surface area contributed by atoms with Crippen molar-refractivity contribution in [3.05, 3.63) is 34.4 Å². The van der Waals surface area contributed by atoms with Gasteiger partial charge in [-0.2, -0.15) is 0 Å². The monoisotopic (exact) mass is 293 g/mol. The number of carboxylic acids is 1. The Kier molecular flexibility index (Phi) is 3.79. The van der Waals surface area contributed by atoms with Crippen LogP contribution in [0.2, 0.25) is 0 Å². The summed E-state index contributed by atoms with van der Waals surface area (Å²) in [6.45, 7) is 1.47. The summed E-state index contributed by atoms with van der Waals surface area (Å²) in [4.78, 5) is 33.1. The molecule has 112 valence electrons. The zero-order valence-electron chi connectivity index (χ0n) is 11.3. The van der Waals surface area contributed by atoms with E-state index in [1.807, 2.05) is 0 Å². The van der Waals surface area contributed by atoms with Gasteiger partial charge in [0.2, 0.25) is 0 Å². The van der Waals surface area contributed by atoms with Crippen molar-refractivity contribution in [3.8, 4) is 0 Å². The lowest BCUT2D eigenvalue weighted by Gasteiger charge is -2.26. The van der Waals surface area contributed by atoms with E-state index in [0.717, 1.165) is 12.8 Å². The summed E-state index contributed by atoms with van der Waals surface area (Å²) < 4.78 is 0. The summed E-state index contributed by atoms with van der Waals surface area (Å²) in [5.74, 6) is -1.15. The number of carboxylic acid groups (broad SMARTS) is 1. The van der Waals surface area contributed by atoms with Crippen LogP contribution in [0.4, 0.5) is 16.2 Å². The number of hydrogen-bond acceptors (Lipinski definition) is 4. The molecule has 1 atom stereocenters. The maximum atomic E-state index is 11.9. The van der Waals surface area contributed by atoms with Gasteiger partial charge in [-0.25, -0.2) is 9.59 Å². The summed E-state index contributed by atoms with van der Waals surface area (Å²) in [5, 5.41) is 24.7. The molecule has 2 rings (SSSR count). The van der Waals surface area contributed by atoms with Crippen LogP contribution in [0, 0.1) is 16.0 Å². The van der Waals surface area contributed by atoms with E-state index in [4.69, 9.17) is 0 Å². The number of nitrogens with zero attached hydrogens (tertiary/aromatic N) is 1. The third kappa shape index (κ3) is 3.28. The van der Waals surface area contributed by atoms with Crippen molar-refractivity contribution in [1.82, 2.24) is 5.32 Å². The number of carbonyl (C=O) groups excluding carboxylic acids is 1. The molecule has 1 saturated carbocycles. The highest BCUT2D eigenvalue weighted by Gasteiger charge is 2.48. The summed E-state index contributed by atoms with van der Waals surface area (Å²) >= 11 is 0. The van der Waals surface area contributed by atoms with E-state index in [9.17, 15) is 24.8 Å². The number of urea groups is 1. The molecule has 0 bridgehead atoms. The molecule has 1 aromatic carbocycles. The molecule has 0 aliphatic heterocycles. The Labute approximate surface area is 120 Å². The van der Waals surface area contributed by atoms with Crippen molar-refractivity contribution < 1.29 is 19.6 Å². The Morgan fingerprint density at radius 2 is 1.90 bits per heavy atom. The van der Waals surface area contributed by atoms with Crippen LogP contribution in [0.15, 0.2) is 24.3 Å². The van der Waals surface area contributed by atoms with Crippen LogP contribution in [0.5, 0.6) is 0 Å². The van der Waals surface area contributed by atoms with Gasteiger partial charge in [-0.15, -0.1) is 0 Å². The number of nitro benzene ring substituents is 1. The Morgan fingerprint density at radius 1 is 1.33 bits per heavy atom. The zero-order valence-corrected chi connectivity index (χ0v) is 11.3. The molecule has 8 heteroatoms. The lowest BCUT2D eigenvalue weighted by molar-refractivity contribution is -0.384. The molecule has 0 spiro atoms. The summed E-state index contributed by atoms with van der Waals surface area (Å²) in [6, 6.07) is 4.63. The van der Waals surface area contributed by atoms with Gasteiger partial charge in [0.15, 0.2) is 0 Å². The number of aliphatic carboxylic acids is 1. The number of carbonyl (C=O) groups is 2. The number of nitro groups is 1. The van der Waals surface area contributed by atoms with Crippen LogP contribution in [0.1, 0.15) is 19.8 Å². The molecule has 8 nitrogen and oxygen atoms in total. The summed E-state index contributed by atoms with van der Waals surface area (Å²) in [7, 11) is 0. The molecule has 1 aromatic rings. The summed E-state index contributed by atoms with van der Waals surface area (Å²) in [5.41, 5.74) is -1.04. The molecule has 0 radical (unpaired) electrons. The summed E-state index contributed by atoms with van der Waals surface area (Å²) in [6.07, 6.45) is 1.53. The van der Waals surface area contributed by atoms with Crippen LogP contribution in [0.3, 0.4) is 0 Å². The molecule has 21 heavy (non-hydrogen) atoms. The molecule has 1 unspecified atom stereocenters. The third-order valence-corrected chi connectivity index (χ3v) is 3.55. The van der Waals surface area contributed by atoms with Crippen LogP contribution in [0.25, 0.3) is 0 Å². The number of non-ortho nitro benzene ring substituents is 1. The van der Waals surface area contributed by atoms with E-state index in [-0.39, 0.29) is 11.6 Å². The van der Waals surface area contributed by atoms with Crippen molar-refractivity contribution >= 4 is 23.4 Å². The van der Waals surface area contributed by atoms with Gasteiger partial charge in [0, 0.05) is 17.8 Å². The van der Waals surface area contributed by atoms with Gasteiger partial charge >= 0.3 is 12.0 Å². The molecular weight excluding hydrogens is 278 g/mol. The average molecular weight is 293 g/mol. The van der Waals surface area contributed by atoms with E-state index in [2.05, 4.69) is 10.6 Å². The first-order valence-corrected chi connectivity index (χ1v) is 6.40. The second-order valence-corrected chi connectivity index (χ2v) is 5.16. The SMILES string of the molecule is CC(NC(=O)Nc1ccc([N+](=O)[O-])cc1)(C(=O)O)C1CC1. The van der Waals surface area contributed by atoms with Gasteiger partial charge in [-0.05, 0) is 37.8 Å². The molecule has 1 aliphatic rings. The van der Waals surface area contributed by atoms with Crippen LogP contribution >= 0.6 is 0 Å². The largest absolute Gasteiger partial charge is 0.480 e. The van der Waals surface area contributed by atoms with Crippen LogP contribution < -0.4 is 10.6 Å². The number of anilines is 1. The van der Waals surface area contributed by atoms with Crippen molar-refractivity contribution in [2.24, 2.45) is 5.92 Å². The average Bonchev–Trinajstić information content (AvgIpc) is 3.23. The van der Waals surface area contributed by atoms with Crippen LogP contribution in [-0.4, -0.2) is 27.6 Å². The zero-order chi connectivity index (χ0) is 15.6. The first-order chi connectivity index (χ1) is 9.83. The Balaban J connectivity index is 2.01. The second-order valence-electron chi connectivity index (χ2n) is 5.16. The first kappa shape index (κ1) is 14.8. The van der Waals surface area contributed by atoms with Crippen LogP contribution in [-0.2, 0) is 4.79 Å². The number of hydrogen-bond donors (Lipinski definition) is 3. The molecule has 3 N–H and O–H groups in total. The van der Waals surface area contributed by atoms with Crippen molar-refractivity contribution in [2.75, 3.05) is 5.32 Å². The van der Waals surface area contributed by atoms with Crippen molar-refractivity contribution in [2.45, 2.75) is 25.3 Å². The van der Waals surface area contributed by atoms with E-state index < -0.39 is 22.5 Å². The van der Waals surface area contributed by atoms with Crippen molar-refractivity contribution in [3.63, 3.8) is 0 Å². The highest BCUT2D eigenvalue weighted by molar-refractivity contribution is 5.94. The fourth-order valence-electron chi connectivity index (χ4n) is 2.06. The fraction of sp³-hybridized carbons (Fsp3) is 0.385. The predicted molar refractivity (Wildman–Crippen MR) is 74.0 cm³/mol. The molecular formula is C13H15N3O5. The highest BCUT2D eigenvalue weighted by Crippen LogP contribution is 2.39. The number of rotatable bonds is 5. The Morgan fingerprint density at radius 3 is 2.33 bits per heavy atom. The third-order valence-electron chi connectivity index (χ3n) is 3.55. The Bertz CT molecular complexity index is 582. The van der Waals surface area contributed by atoms with Gasteiger partial charge < -0.3 is 15.7 Å². The fourth-order valence-corrected chi connectivity index (χ4v) is 2.06. The molecule has 2 amide bonds. The minimum absolute atomic E-state index is 0.0717. The van der Waals surface area contributed by atoms with Gasteiger partial charge in [0.05, 0.1) is 4.92 Å². The second kappa shape index (κ2) is 5.39. The molecule has 1 aliphatic carbocycles. The standard InChI is InChI=1S/C13H15N3O5/c1-13(11(17)18,8-2-3-8)15-12(19)14-9-4-6-10(7-5-9)16(20)21/h4-8H,2-3H2,1H3,(H,17,18)(H2,14,15,19). The molecule has 1 fully saturated rings. The van der Waals surface area contributed by atoms with E-state index >= 15 is 0 Å². The normalized spacial score (nSPS) is 16.6.